The molecule has 2 heterocycles. The summed E-state index contributed by atoms with van der Waals surface area (Å²) < 4.78 is 6.72. The van der Waals surface area contributed by atoms with E-state index in [1.54, 1.807) is 6.20 Å². The van der Waals surface area contributed by atoms with Crippen LogP contribution in [0.1, 0.15) is 56.1 Å². The highest BCUT2D eigenvalue weighted by Crippen LogP contribution is 2.44. The maximum atomic E-state index is 10.5. The van der Waals surface area contributed by atoms with Gasteiger partial charge in [0.2, 0.25) is 0 Å². The van der Waals surface area contributed by atoms with Crippen LogP contribution in [0, 0.1) is 5.92 Å². The van der Waals surface area contributed by atoms with Gasteiger partial charge in [-0.05, 0) is 31.6 Å². The lowest BCUT2D eigenvalue weighted by molar-refractivity contribution is -0.134. The SMILES string of the molecule is OC(c1ncc(Cl)s1)C1CCOC2(CCCCC2)C1. The Morgan fingerprint density at radius 2 is 2.21 bits per heavy atom. The van der Waals surface area contributed by atoms with Crippen molar-refractivity contribution in [3.8, 4) is 0 Å². The minimum Gasteiger partial charge on any atom is -0.386 e. The summed E-state index contributed by atoms with van der Waals surface area (Å²) in [6.45, 7) is 0.765. The molecule has 1 N–H and O–H groups in total. The Morgan fingerprint density at radius 1 is 1.42 bits per heavy atom. The Balaban J connectivity index is 1.70. The van der Waals surface area contributed by atoms with Crippen molar-refractivity contribution < 1.29 is 9.84 Å². The summed E-state index contributed by atoms with van der Waals surface area (Å²) in [7, 11) is 0. The molecule has 1 aromatic rings. The quantitative estimate of drug-likeness (QED) is 0.899. The molecule has 106 valence electrons. The molecule has 0 amide bonds. The monoisotopic (exact) mass is 301 g/mol. The minimum absolute atomic E-state index is 0.0310. The second-order valence-electron chi connectivity index (χ2n) is 5.79. The van der Waals surface area contributed by atoms with Gasteiger partial charge in [-0.2, -0.15) is 0 Å². The molecule has 0 aromatic carbocycles. The third-order valence-corrected chi connectivity index (χ3v) is 5.68. The lowest BCUT2D eigenvalue weighted by atomic mass is 9.74. The summed E-state index contributed by atoms with van der Waals surface area (Å²) in [5.74, 6) is 0.258. The normalized spacial score (nSPS) is 28.4. The van der Waals surface area contributed by atoms with E-state index in [2.05, 4.69) is 4.98 Å². The molecule has 2 unspecified atom stereocenters. The Kier molecular flexibility index (Phi) is 4.13. The van der Waals surface area contributed by atoms with E-state index in [4.69, 9.17) is 16.3 Å². The van der Waals surface area contributed by atoms with E-state index in [0.29, 0.717) is 4.34 Å². The van der Waals surface area contributed by atoms with Gasteiger partial charge in [-0.1, -0.05) is 30.9 Å². The molecule has 1 aromatic heterocycles. The first-order valence-corrected chi connectivity index (χ1v) is 8.31. The third kappa shape index (κ3) is 2.97. The Morgan fingerprint density at radius 3 is 2.89 bits per heavy atom. The van der Waals surface area contributed by atoms with Crippen molar-refractivity contribution in [2.45, 2.75) is 56.7 Å². The number of hydrogen-bond acceptors (Lipinski definition) is 4. The van der Waals surface area contributed by atoms with Gasteiger partial charge in [-0.15, -0.1) is 11.3 Å². The summed E-state index contributed by atoms with van der Waals surface area (Å²) in [4.78, 5) is 4.22. The van der Waals surface area contributed by atoms with Crippen molar-refractivity contribution >= 4 is 22.9 Å². The molecule has 0 bridgehead atoms. The molecule has 5 heteroatoms. The number of thiazole rings is 1. The first kappa shape index (κ1) is 13.8. The first-order chi connectivity index (χ1) is 9.19. The van der Waals surface area contributed by atoms with Crippen LogP contribution in [0.2, 0.25) is 4.34 Å². The largest absolute Gasteiger partial charge is 0.386 e. The van der Waals surface area contributed by atoms with Crippen LogP contribution in [0.4, 0.5) is 0 Å². The maximum absolute atomic E-state index is 10.5. The van der Waals surface area contributed by atoms with Crippen molar-refractivity contribution in [2.24, 2.45) is 5.92 Å². The summed E-state index contributed by atoms with van der Waals surface area (Å²) in [5.41, 5.74) is 0.0310. The van der Waals surface area contributed by atoms with E-state index >= 15 is 0 Å². The first-order valence-electron chi connectivity index (χ1n) is 7.12. The van der Waals surface area contributed by atoms with Gasteiger partial charge < -0.3 is 9.84 Å². The predicted octanol–water partition coefficient (Wildman–Crippen LogP) is 3.96. The summed E-state index contributed by atoms with van der Waals surface area (Å²) >= 11 is 7.29. The molecule has 2 fully saturated rings. The van der Waals surface area contributed by atoms with E-state index in [-0.39, 0.29) is 11.5 Å². The van der Waals surface area contributed by atoms with Crippen LogP contribution in [-0.4, -0.2) is 22.3 Å². The summed E-state index contributed by atoms with van der Waals surface area (Å²) in [6.07, 6.45) is 9.15. The Hall–Kier alpha value is -0.160. The van der Waals surface area contributed by atoms with Crippen molar-refractivity contribution in [3.05, 3.63) is 15.5 Å². The Labute approximate surface area is 123 Å². The van der Waals surface area contributed by atoms with Crippen LogP contribution in [0.5, 0.6) is 0 Å². The molecule has 1 spiro atoms. The molecule has 1 saturated heterocycles. The van der Waals surface area contributed by atoms with E-state index in [1.165, 1.54) is 30.6 Å². The molecule has 2 aliphatic rings. The second-order valence-corrected chi connectivity index (χ2v) is 7.49. The minimum atomic E-state index is -0.486. The topological polar surface area (TPSA) is 42.4 Å². The molecule has 1 aliphatic carbocycles. The molecule has 3 nitrogen and oxygen atoms in total. The zero-order valence-corrected chi connectivity index (χ0v) is 12.6. The number of aliphatic hydroxyl groups is 1. The number of halogens is 1. The highest BCUT2D eigenvalue weighted by atomic mass is 35.5. The van der Waals surface area contributed by atoms with Gasteiger partial charge in [0, 0.05) is 6.61 Å². The maximum Gasteiger partial charge on any atom is 0.123 e. The molecule has 2 atom stereocenters. The van der Waals surface area contributed by atoms with Gasteiger partial charge in [0.25, 0.3) is 0 Å². The molecule has 1 aliphatic heterocycles. The average Bonchev–Trinajstić information content (AvgIpc) is 2.85. The van der Waals surface area contributed by atoms with Crippen LogP contribution >= 0.6 is 22.9 Å². The molecule has 1 saturated carbocycles. The van der Waals surface area contributed by atoms with Crippen molar-refractivity contribution in [1.29, 1.82) is 0 Å². The number of aromatic nitrogens is 1. The van der Waals surface area contributed by atoms with Crippen LogP contribution in [0.15, 0.2) is 6.20 Å². The van der Waals surface area contributed by atoms with Crippen molar-refractivity contribution in [1.82, 2.24) is 4.98 Å². The Bertz CT molecular complexity index is 425. The molecular weight excluding hydrogens is 282 g/mol. The second kappa shape index (κ2) is 5.68. The standard InChI is InChI=1S/C14H20ClNO2S/c15-11-9-16-13(19-11)12(17)10-4-7-18-14(8-10)5-2-1-3-6-14/h9-10,12,17H,1-8H2. The van der Waals surface area contributed by atoms with Gasteiger partial charge in [0.05, 0.1) is 11.8 Å². The molecule has 0 radical (unpaired) electrons. The predicted molar refractivity (Wildman–Crippen MR) is 76.6 cm³/mol. The third-order valence-electron chi connectivity index (χ3n) is 4.49. The van der Waals surface area contributed by atoms with E-state index < -0.39 is 6.10 Å². The zero-order chi connectivity index (χ0) is 13.3. The van der Waals surface area contributed by atoms with Gasteiger partial charge in [0.15, 0.2) is 0 Å². The number of hydrogen-bond donors (Lipinski definition) is 1. The number of ether oxygens (including phenoxy) is 1. The number of nitrogens with zero attached hydrogens (tertiary/aromatic N) is 1. The highest BCUT2D eigenvalue weighted by Gasteiger charge is 2.41. The fourth-order valence-corrected chi connectivity index (χ4v) is 4.49. The zero-order valence-electron chi connectivity index (χ0n) is 11.0. The fourth-order valence-electron chi connectivity index (χ4n) is 3.49. The summed E-state index contributed by atoms with van der Waals surface area (Å²) in [6, 6.07) is 0. The van der Waals surface area contributed by atoms with Crippen LogP contribution < -0.4 is 0 Å². The number of rotatable bonds is 2. The van der Waals surface area contributed by atoms with Crippen molar-refractivity contribution in [3.63, 3.8) is 0 Å². The average molecular weight is 302 g/mol. The molecule has 3 rings (SSSR count). The highest BCUT2D eigenvalue weighted by molar-refractivity contribution is 7.15. The lowest BCUT2D eigenvalue weighted by Crippen LogP contribution is -2.42. The van der Waals surface area contributed by atoms with Gasteiger partial charge in [-0.3, -0.25) is 0 Å². The molecular formula is C14H20ClNO2S. The van der Waals surface area contributed by atoms with Crippen LogP contribution in [0.25, 0.3) is 0 Å². The summed E-state index contributed by atoms with van der Waals surface area (Å²) in [5, 5.41) is 11.3. The van der Waals surface area contributed by atoms with Crippen LogP contribution in [0.3, 0.4) is 0 Å². The van der Waals surface area contributed by atoms with Gasteiger partial charge in [0.1, 0.15) is 15.4 Å². The lowest BCUT2D eigenvalue weighted by Gasteiger charge is -2.44. The van der Waals surface area contributed by atoms with Crippen molar-refractivity contribution in [2.75, 3.05) is 6.61 Å². The molecule has 19 heavy (non-hydrogen) atoms. The van der Waals surface area contributed by atoms with Gasteiger partial charge >= 0.3 is 0 Å². The fraction of sp³-hybridized carbons (Fsp3) is 0.786. The smallest absolute Gasteiger partial charge is 0.123 e. The van der Waals surface area contributed by atoms with E-state index in [1.807, 2.05) is 0 Å². The van der Waals surface area contributed by atoms with E-state index in [9.17, 15) is 5.11 Å². The van der Waals surface area contributed by atoms with Crippen LogP contribution in [-0.2, 0) is 4.74 Å². The van der Waals surface area contributed by atoms with Gasteiger partial charge in [-0.25, -0.2) is 4.98 Å². The number of aliphatic hydroxyl groups excluding tert-OH is 1. The van der Waals surface area contributed by atoms with E-state index in [0.717, 1.165) is 37.3 Å².